The summed E-state index contributed by atoms with van der Waals surface area (Å²) >= 11 is 0. The molecule has 0 saturated carbocycles. The Balaban J connectivity index is 1.71. The summed E-state index contributed by atoms with van der Waals surface area (Å²) in [5.41, 5.74) is 6.02. The first-order valence-electron chi connectivity index (χ1n) is 9.96. The zero-order valence-corrected chi connectivity index (χ0v) is 16.2. The molecule has 6 rings (SSSR count). The zero-order valence-electron chi connectivity index (χ0n) is 16.2. The largest absolute Gasteiger partial charge is 0.290 e. The Labute approximate surface area is 174 Å². The molecule has 0 unspecified atom stereocenters. The lowest BCUT2D eigenvalue weighted by Gasteiger charge is -2.38. The third-order valence-corrected chi connectivity index (χ3v) is 5.35. The van der Waals surface area contributed by atoms with Crippen LogP contribution in [0.25, 0.3) is 11.0 Å². The van der Waals surface area contributed by atoms with Crippen molar-refractivity contribution in [2.24, 2.45) is 0 Å². The smallest absolute Gasteiger partial charge is 0.182 e. The molecule has 0 bridgehead atoms. The van der Waals surface area contributed by atoms with Crippen LogP contribution in [0.4, 0.5) is 34.4 Å². The van der Waals surface area contributed by atoms with Gasteiger partial charge in [-0.2, -0.15) is 0 Å². The van der Waals surface area contributed by atoms with E-state index < -0.39 is 0 Å². The van der Waals surface area contributed by atoms with Crippen LogP contribution in [0.2, 0.25) is 0 Å². The first-order chi connectivity index (χ1) is 14.9. The molecule has 2 heterocycles. The number of para-hydroxylation sites is 6. The third kappa shape index (κ3) is 2.54. The lowest BCUT2D eigenvalue weighted by atomic mass is 10.1. The van der Waals surface area contributed by atoms with Gasteiger partial charge in [-0.1, -0.05) is 60.7 Å². The van der Waals surface area contributed by atoms with Gasteiger partial charge in [0, 0.05) is 11.4 Å². The molecule has 0 N–H and O–H groups in total. The fourth-order valence-electron chi connectivity index (χ4n) is 4.03. The van der Waals surface area contributed by atoms with Crippen LogP contribution in [0.5, 0.6) is 0 Å². The number of anilines is 6. The van der Waals surface area contributed by atoms with E-state index in [1.165, 1.54) is 0 Å². The van der Waals surface area contributed by atoms with Crippen molar-refractivity contribution in [3.8, 4) is 0 Å². The minimum Gasteiger partial charge on any atom is -0.290 e. The van der Waals surface area contributed by atoms with Gasteiger partial charge in [-0.05, 0) is 48.5 Å². The van der Waals surface area contributed by atoms with Crippen LogP contribution >= 0.6 is 0 Å². The molecule has 1 aliphatic heterocycles. The molecule has 4 aromatic carbocycles. The van der Waals surface area contributed by atoms with E-state index in [4.69, 9.17) is 9.97 Å². The Hall–Kier alpha value is -4.18. The number of hydrogen-bond donors (Lipinski definition) is 0. The molecule has 0 spiro atoms. The summed E-state index contributed by atoms with van der Waals surface area (Å²) < 4.78 is 0. The van der Waals surface area contributed by atoms with E-state index in [2.05, 4.69) is 82.6 Å². The van der Waals surface area contributed by atoms with Crippen molar-refractivity contribution in [2.75, 3.05) is 9.80 Å². The molecule has 0 radical (unpaired) electrons. The van der Waals surface area contributed by atoms with Crippen molar-refractivity contribution >= 4 is 45.4 Å². The van der Waals surface area contributed by atoms with Gasteiger partial charge in [0.2, 0.25) is 0 Å². The molecular formula is C26H18N4. The first kappa shape index (κ1) is 16.7. The topological polar surface area (TPSA) is 32.3 Å². The van der Waals surface area contributed by atoms with Crippen LogP contribution in [-0.2, 0) is 0 Å². The summed E-state index contributed by atoms with van der Waals surface area (Å²) in [5.74, 6) is 1.64. The number of hydrogen-bond acceptors (Lipinski definition) is 4. The maximum Gasteiger partial charge on any atom is 0.182 e. The number of nitrogens with zero attached hydrogens (tertiary/aromatic N) is 4. The van der Waals surface area contributed by atoms with Gasteiger partial charge in [-0.3, -0.25) is 9.80 Å². The fourth-order valence-corrected chi connectivity index (χ4v) is 4.03. The van der Waals surface area contributed by atoms with E-state index >= 15 is 0 Å². The molecule has 1 aromatic heterocycles. The fraction of sp³-hybridized carbons (Fsp3) is 0. The lowest BCUT2D eigenvalue weighted by Crippen LogP contribution is -2.26. The van der Waals surface area contributed by atoms with E-state index in [9.17, 15) is 0 Å². The first-order valence-corrected chi connectivity index (χ1v) is 9.96. The van der Waals surface area contributed by atoms with Crippen LogP contribution in [-0.4, -0.2) is 9.97 Å². The Morgan fingerprint density at radius 1 is 0.400 bits per heavy atom. The summed E-state index contributed by atoms with van der Waals surface area (Å²) in [6.07, 6.45) is 0. The SMILES string of the molecule is c1ccc(N2c3ccccc3N(c3ccccc3)c3nc4ccccc4nc32)cc1. The van der Waals surface area contributed by atoms with Crippen molar-refractivity contribution < 1.29 is 0 Å². The Bertz CT molecular complexity index is 1240. The molecule has 5 aromatic rings. The van der Waals surface area contributed by atoms with Gasteiger partial charge < -0.3 is 0 Å². The monoisotopic (exact) mass is 386 g/mol. The highest BCUT2D eigenvalue weighted by Crippen LogP contribution is 2.52. The van der Waals surface area contributed by atoms with E-state index in [0.717, 1.165) is 45.4 Å². The molecule has 0 aliphatic carbocycles. The summed E-state index contributed by atoms with van der Waals surface area (Å²) in [7, 11) is 0. The molecule has 30 heavy (non-hydrogen) atoms. The van der Waals surface area contributed by atoms with Gasteiger partial charge in [-0.25, -0.2) is 9.97 Å². The van der Waals surface area contributed by atoms with Crippen LogP contribution in [0.15, 0.2) is 109 Å². The molecule has 0 saturated heterocycles. The van der Waals surface area contributed by atoms with Gasteiger partial charge in [0.05, 0.1) is 22.4 Å². The minimum atomic E-state index is 0.822. The Morgan fingerprint density at radius 2 is 0.767 bits per heavy atom. The molecule has 4 heteroatoms. The standard InChI is InChI=1S/C26H18N4/c1-3-11-19(12-4-1)29-23-17-9-10-18-24(23)30(20-13-5-2-6-14-20)26-25(29)27-21-15-7-8-16-22(21)28-26/h1-18H. The Morgan fingerprint density at radius 3 is 1.20 bits per heavy atom. The van der Waals surface area contributed by atoms with Crippen LogP contribution in [0.1, 0.15) is 0 Å². The van der Waals surface area contributed by atoms with Crippen molar-refractivity contribution in [1.29, 1.82) is 0 Å². The van der Waals surface area contributed by atoms with Gasteiger partial charge >= 0.3 is 0 Å². The summed E-state index contributed by atoms with van der Waals surface area (Å²) in [5, 5.41) is 0. The average molecular weight is 386 g/mol. The Kier molecular flexibility index (Phi) is 3.74. The van der Waals surface area contributed by atoms with E-state index in [1.54, 1.807) is 0 Å². The van der Waals surface area contributed by atoms with Gasteiger partial charge in [0.25, 0.3) is 0 Å². The highest BCUT2D eigenvalue weighted by Gasteiger charge is 2.33. The number of aromatic nitrogens is 2. The molecule has 4 nitrogen and oxygen atoms in total. The number of fused-ring (bicyclic) bond motifs is 3. The van der Waals surface area contributed by atoms with Gasteiger partial charge in [0.15, 0.2) is 11.6 Å². The molecular weight excluding hydrogens is 368 g/mol. The normalized spacial score (nSPS) is 12.5. The van der Waals surface area contributed by atoms with Crippen molar-refractivity contribution in [3.05, 3.63) is 109 Å². The predicted octanol–water partition coefficient (Wildman–Crippen LogP) is 6.88. The number of benzene rings is 4. The zero-order chi connectivity index (χ0) is 19.9. The maximum atomic E-state index is 5.07. The maximum absolute atomic E-state index is 5.07. The van der Waals surface area contributed by atoms with Crippen molar-refractivity contribution in [3.63, 3.8) is 0 Å². The van der Waals surface area contributed by atoms with E-state index in [0.29, 0.717) is 0 Å². The average Bonchev–Trinajstić information content (AvgIpc) is 2.82. The highest BCUT2D eigenvalue weighted by molar-refractivity contribution is 6.00. The second kappa shape index (κ2) is 6.71. The number of rotatable bonds is 2. The van der Waals surface area contributed by atoms with Crippen molar-refractivity contribution in [1.82, 2.24) is 9.97 Å². The molecule has 0 fully saturated rings. The van der Waals surface area contributed by atoms with Crippen LogP contribution < -0.4 is 9.80 Å². The lowest BCUT2D eigenvalue weighted by molar-refractivity contribution is 1.08. The van der Waals surface area contributed by atoms with Crippen molar-refractivity contribution in [2.45, 2.75) is 0 Å². The second-order valence-electron chi connectivity index (χ2n) is 7.19. The van der Waals surface area contributed by atoms with Crippen LogP contribution in [0.3, 0.4) is 0 Å². The predicted molar refractivity (Wildman–Crippen MR) is 122 cm³/mol. The highest BCUT2D eigenvalue weighted by atomic mass is 15.3. The summed E-state index contributed by atoms with van der Waals surface area (Å²) in [6, 6.07) is 37.1. The molecule has 0 amide bonds. The van der Waals surface area contributed by atoms with Crippen LogP contribution in [0, 0.1) is 0 Å². The minimum absolute atomic E-state index is 0.822. The van der Waals surface area contributed by atoms with Gasteiger partial charge in [-0.15, -0.1) is 0 Å². The molecule has 0 atom stereocenters. The van der Waals surface area contributed by atoms with E-state index in [-0.39, 0.29) is 0 Å². The molecule has 142 valence electrons. The third-order valence-electron chi connectivity index (χ3n) is 5.35. The summed E-state index contributed by atoms with van der Waals surface area (Å²) in [4.78, 5) is 14.5. The molecule has 1 aliphatic rings. The van der Waals surface area contributed by atoms with E-state index in [1.807, 2.05) is 36.4 Å². The quantitative estimate of drug-likeness (QED) is 0.325. The van der Waals surface area contributed by atoms with Gasteiger partial charge in [0.1, 0.15) is 0 Å². The second-order valence-corrected chi connectivity index (χ2v) is 7.19. The summed E-state index contributed by atoms with van der Waals surface area (Å²) in [6.45, 7) is 0.